The van der Waals surface area contributed by atoms with Gasteiger partial charge in [0, 0.05) is 17.6 Å². The molecule has 1 heterocycles. The standard InChI is InChI=1S/C12H11ClN2S/c13-10-3-6-12(15-8-10)16-11-4-1-9(7-14)2-5-11/h1-6,8H,7,14H2. The lowest BCUT2D eigenvalue weighted by molar-refractivity contribution is 1.06. The first-order valence-electron chi connectivity index (χ1n) is 4.86. The molecule has 0 aliphatic rings. The van der Waals surface area contributed by atoms with E-state index < -0.39 is 0 Å². The van der Waals surface area contributed by atoms with Gasteiger partial charge in [-0.15, -0.1) is 0 Å². The first-order valence-corrected chi connectivity index (χ1v) is 6.06. The van der Waals surface area contributed by atoms with Crippen molar-refractivity contribution in [2.45, 2.75) is 16.5 Å². The number of hydrogen-bond acceptors (Lipinski definition) is 3. The van der Waals surface area contributed by atoms with Crippen LogP contribution in [0, 0.1) is 0 Å². The topological polar surface area (TPSA) is 38.9 Å². The minimum Gasteiger partial charge on any atom is -0.326 e. The number of rotatable bonds is 3. The second-order valence-corrected chi connectivity index (χ2v) is 4.80. The first-order chi connectivity index (χ1) is 7.78. The average Bonchev–Trinajstić information content (AvgIpc) is 2.33. The fourth-order valence-corrected chi connectivity index (χ4v) is 2.10. The van der Waals surface area contributed by atoms with E-state index in [-0.39, 0.29) is 0 Å². The van der Waals surface area contributed by atoms with Gasteiger partial charge in [0.25, 0.3) is 0 Å². The molecule has 82 valence electrons. The van der Waals surface area contributed by atoms with E-state index in [0.717, 1.165) is 15.5 Å². The molecule has 2 rings (SSSR count). The number of hydrogen-bond donors (Lipinski definition) is 1. The van der Waals surface area contributed by atoms with Crippen molar-refractivity contribution in [3.63, 3.8) is 0 Å². The van der Waals surface area contributed by atoms with Gasteiger partial charge in [0.15, 0.2) is 0 Å². The maximum Gasteiger partial charge on any atom is 0.101 e. The largest absolute Gasteiger partial charge is 0.326 e. The molecule has 1 aromatic carbocycles. The summed E-state index contributed by atoms with van der Waals surface area (Å²) in [5, 5.41) is 1.59. The molecule has 0 radical (unpaired) electrons. The molecule has 0 aliphatic heterocycles. The Balaban J connectivity index is 2.11. The summed E-state index contributed by atoms with van der Waals surface area (Å²) in [7, 11) is 0. The van der Waals surface area contributed by atoms with Crippen LogP contribution in [-0.4, -0.2) is 4.98 Å². The third kappa shape index (κ3) is 2.98. The van der Waals surface area contributed by atoms with Gasteiger partial charge in [-0.05, 0) is 29.8 Å². The molecule has 2 aromatic rings. The average molecular weight is 251 g/mol. The molecule has 0 amide bonds. The fraction of sp³-hybridized carbons (Fsp3) is 0.0833. The molecular formula is C12H11ClN2S. The maximum atomic E-state index is 5.77. The third-order valence-electron chi connectivity index (χ3n) is 2.08. The zero-order valence-electron chi connectivity index (χ0n) is 8.56. The van der Waals surface area contributed by atoms with E-state index in [1.54, 1.807) is 18.0 Å². The van der Waals surface area contributed by atoms with Gasteiger partial charge >= 0.3 is 0 Å². The Kier molecular flexibility index (Phi) is 3.83. The lowest BCUT2D eigenvalue weighted by Gasteiger charge is -2.02. The highest BCUT2D eigenvalue weighted by molar-refractivity contribution is 7.99. The van der Waals surface area contributed by atoms with Crippen LogP contribution in [0.3, 0.4) is 0 Å². The Hall–Kier alpha value is -1.03. The Bertz CT molecular complexity index is 453. The van der Waals surface area contributed by atoms with Crippen LogP contribution in [-0.2, 0) is 6.54 Å². The van der Waals surface area contributed by atoms with Gasteiger partial charge in [0.1, 0.15) is 5.03 Å². The lowest BCUT2D eigenvalue weighted by Crippen LogP contribution is -1.94. The number of nitrogens with zero attached hydrogens (tertiary/aromatic N) is 1. The minimum atomic E-state index is 0.574. The Morgan fingerprint density at radius 2 is 1.88 bits per heavy atom. The van der Waals surface area contributed by atoms with Crippen molar-refractivity contribution >= 4 is 23.4 Å². The predicted octanol–water partition coefficient (Wildman–Crippen LogP) is 3.34. The van der Waals surface area contributed by atoms with Crippen LogP contribution >= 0.6 is 23.4 Å². The summed E-state index contributed by atoms with van der Waals surface area (Å²) in [6.07, 6.45) is 1.65. The highest BCUT2D eigenvalue weighted by Crippen LogP contribution is 2.26. The van der Waals surface area contributed by atoms with E-state index in [2.05, 4.69) is 4.98 Å². The molecule has 4 heteroatoms. The van der Waals surface area contributed by atoms with Crippen molar-refractivity contribution in [1.29, 1.82) is 0 Å². The quantitative estimate of drug-likeness (QED) is 0.908. The van der Waals surface area contributed by atoms with Crippen molar-refractivity contribution in [3.8, 4) is 0 Å². The number of halogens is 1. The summed E-state index contributed by atoms with van der Waals surface area (Å²) in [4.78, 5) is 5.37. The van der Waals surface area contributed by atoms with E-state index in [0.29, 0.717) is 11.6 Å². The smallest absolute Gasteiger partial charge is 0.101 e. The normalized spacial score (nSPS) is 10.4. The number of nitrogens with two attached hydrogens (primary N) is 1. The monoisotopic (exact) mass is 250 g/mol. The number of aromatic nitrogens is 1. The third-order valence-corrected chi connectivity index (χ3v) is 3.26. The van der Waals surface area contributed by atoms with Crippen molar-refractivity contribution < 1.29 is 0 Å². The predicted molar refractivity (Wildman–Crippen MR) is 67.7 cm³/mol. The van der Waals surface area contributed by atoms with E-state index in [1.807, 2.05) is 36.4 Å². The molecule has 0 fully saturated rings. The maximum absolute atomic E-state index is 5.77. The van der Waals surface area contributed by atoms with Gasteiger partial charge in [-0.25, -0.2) is 4.98 Å². The SMILES string of the molecule is NCc1ccc(Sc2ccc(Cl)cn2)cc1. The second-order valence-electron chi connectivity index (χ2n) is 3.26. The fourth-order valence-electron chi connectivity index (χ4n) is 1.24. The first kappa shape index (κ1) is 11.5. The van der Waals surface area contributed by atoms with Crippen LogP contribution < -0.4 is 5.73 Å². The molecule has 2 N–H and O–H groups in total. The number of pyridine rings is 1. The van der Waals surface area contributed by atoms with E-state index in [1.165, 1.54) is 0 Å². The van der Waals surface area contributed by atoms with Crippen LogP contribution in [0.5, 0.6) is 0 Å². The van der Waals surface area contributed by atoms with Gasteiger partial charge in [0.2, 0.25) is 0 Å². The van der Waals surface area contributed by atoms with Crippen LogP contribution in [0.4, 0.5) is 0 Å². The molecule has 1 aromatic heterocycles. The summed E-state index contributed by atoms with van der Waals surface area (Å²) >= 11 is 7.37. The molecule has 16 heavy (non-hydrogen) atoms. The van der Waals surface area contributed by atoms with Crippen LogP contribution in [0.1, 0.15) is 5.56 Å². The molecule has 2 nitrogen and oxygen atoms in total. The van der Waals surface area contributed by atoms with Crippen molar-refractivity contribution in [2.75, 3.05) is 0 Å². The van der Waals surface area contributed by atoms with Crippen LogP contribution in [0.25, 0.3) is 0 Å². The lowest BCUT2D eigenvalue weighted by atomic mass is 10.2. The Labute approximate surface area is 104 Å². The molecule has 0 aliphatic carbocycles. The van der Waals surface area contributed by atoms with Crippen molar-refractivity contribution in [1.82, 2.24) is 4.98 Å². The minimum absolute atomic E-state index is 0.574. The molecular weight excluding hydrogens is 240 g/mol. The summed E-state index contributed by atoms with van der Waals surface area (Å²) < 4.78 is 0. The van der Waals surface area contributed by atoms with Gasteiger partial charge in [-0.3, -0.25) is 0 Å². The summed E-state index contributed by atoms with van der Waals surface area (Å²) in [5.74, 6) is 0. The molecule has 0 saturated carbocycles. The Morgan fingerprint density at radius 1 is 1.12 bits per heavy atom. The van der Waals surface area contributed by atoms with Crippen molar-refractivity contribution in [2.24, 2.45) is 5.73 Å². The molecule has 0 unspecified atom stereocenters. The van der Waals surface area contributed by atoms with Crippen LogP contribution in [0.2, 0.25) is 5.02 Å². The summed E-state index contributed by atoms with van der Waals surface area (Å²) in [5.41, 5.74) is 6.67. The molecule has 0 saturated heterocycles. The number of benzene rings is 1. The van der Waals surface area contributed by atoms with Gasteiger partial charge in [-0.1, -0.05) is 35.5 Å². The summed E-state index contributed by atoms with van der Waals surface area (Å²) in [6.45, 7) is 0.574. The Morgan fingerprint density at radius 3 is 2.44 bits per heavy atom. The van der Waals surface area contributed by atoms with Gasteiger partial charge < -0.3 is 5.73 Å². The molecule has 0 bridgehead atoms. The second kappa shape index (κ2) is 5.34. The highest BCUT2D eigenvalue weighted by Gasteiger charge is 1.98. The zero-order valence-corrected chi connectivity index (χ0v) is 10.1. The highest BCUT2D eigenvalue weighted by atomic mass is 35.5. The van der Waals surface area contributed by atoms with E-state index in [9.17, 15) is 0 Å². The van der Waals surface area contributed by atoms with Gasteiger partial charge in [-0.2, -0.15) is 0 Å². The molecule has 0 atom stereocenters. The zero-order chi connectivity index (χ0) is 11.4. The van der Waals surface area contributed by atoms with Gasteiger partial charge in [0.05, 0.1) is 5.02 Å². The van der Waals surface area contributed by atoms with Crippen LogP contribution in [0.15, 0.2) is 52.5 Å². The van der Waals surface area contributed by atoms with E-state index >= 15 is 0 Å². The summed E-state index contributed by atoms with van der Waals surface area (Å²) in [6, 6.07) is 11.9. The van der Waals surface area contributed by atoms with Crippen molar-refractivity contribution in [3.05, 3.63) is 53.2 Å². The van der Waals surface area contributed by atoms with E-state index in [4.69, 9.17) is 17.3 Å². The molecule has 0 spiro atoms.